The molecule has 1 aliphatic heterocycles. The molecule has 1 aliphatic rings. The lowest BCUT2D eigenvalue weighted by Crippen LogP contribution is -3.13. The van der Waals surface area contributed by atoms with Gasteiger partial charge in [-0.1, -0.05) is 37.3 Å². The standard InChI is InChI=1S/C16H24N2O/c1-13(14-6-3-2-4-7-14)9-11-18-10-5-8-15(12-18)16(17)19/h2-4,6-7,13,15H,5,8-12H2,1H3,(H2,17,19)/p+1/t13-,15+/m1/s1. The van der Waals surface area contributed by atoms with Crippen LogP contribution in [-0.2, 0) is 4.79 Å². The van der Waals surface area contributed by atoms with Crippen LogP contribution in [0.3, 0.4) is 0 Å². The van der Waals surface area contributed by atoms with Crippen LogP contribution in [0.25, 0.3) is 0 Å². The number of nitrogens with two attached hydrogens (primary N) is 1. The minimum Gasteiger partial charge on any atom is -0.369 e. The number of amides is 1. The van der Waals surface area contributed by atoms with Gasteiger partial charge in [0.15, 0.2) is 0 Å². The average Bonchev–Trinajstić information content (AvgIpc) is 2.46. The summed E-state index contributed by atoms with van der Waals surface area (Å²) in [5.74, 6) is 0.562. The number of carbonyl (C=O) groups is 1. The van der Waals surface area contributed by atoms with Crippen molar-refractivity contribution >= 4 is 5.91 Å². The Morgan fingerprint density at radius 2 is 2.16 bits per heavy atom. The second kappa shape index (κ2) is 6.71. The Morgan fingerprint density at radius 1 is 1.42 bits per heavy atom. The topological polar surface area (TPSA) is 47.5 Å². The first-order valence-corrected chi connectivity index (χ1v) is 7.34. The van der Waals surface area contributed by atoms with E-state index in [1.165, 1.54) is 23.4 Å². The lowest BCUT2D eigenvalue weighted by atomic mass is 9.95. The molecular formula is C16H25N2O+. The Balaban J connectivity index is 1.80. The van der Waals surface area contributed by atoms with Gasteiger partial charge in [-0.25, -0.2) is 0 Å². The third-order valence-electron chi connectivity index (χ3n) is 4.32. The minimum atomic E-state index is -0.117. The second-order valence-corrected chi connectivity index (χ2v) is 5.80. The van der Waals surface area contributed by atoms with E-state index in [1.807, 2.05) is 0 Å². The molecule has 1 unspecified atom stereocenters. The number of rotatable bonds is 5. The number of quaternary nitrogens is 1. The fraction of sp³-hybridized carbons (Fsp3) is 0.562. The fourth-order valence-electron chi connectivity index (χ4n) is 2.99. The fourth-order valence-corrected chi connectivity index (χ4v) is 2.99. The maximum absolute atomic E-state index is 11.3. The van der Waals surface area contributed by atoms with Gasteiger partial charge in [0.1, 0.15) is 0 Å². The highest BCUT2D eigenvalue weighted by Gasteiger charge is 2.26. The molecule has 0 saturated carbocycles. The van der Waals surface area contributed by atoms with Crippen LogP contribution in [0.15, 0.2) is 30.3 Å². The molecule has 19 heavy (non-hydrogen) atoms. The number of piperidine rings is 1. The van der Waals surface area contributed by atoms with Crippen molar-refractivity contribution in [1.29, 1.82) is 0 Å². The summed E-state index contributed by atoms with van der Waals surface area (Å²) in [4.78, 5) is 12.8. The molecule has 2 rings (SSSR count). The smallest absolute Gasteiger partial charge is 0.226 e. The molecule has 0 spiro atoms. The maximum Gasteiger partial charge on any atom is 0.226 e. The summed E-state index contributed by atoms with van der Waals surface area (Å²) < 4.78 is 0. The van der Waals surface area contributed by atoms with Gasteiger partial charge in [0.25, 0.3) is 0 Å². The van der Waals surface area contributed by atoms with Crippen molar-refractivity contribution in [1.82, 2.24) is 0 Å². The maximum atomic E-state index is 11.3. The van der Waals surface area contributed by atoms with Gasteiger partial charge in [-0.3, -0.25) is 4.79 Å². The van der Waals surface area contributed by atoms with Gasteiger partial charge in [-0.2, -0.15) is 0 Å². The van der Waals surface area contributed by atoms with E-state index in [2.05, 4.69) is 37.3 Å². The third-order valence-corrected chi connectivity index (χ3v) is 4.32. The van der Waals surface area contributed by atoms with Crippen LogP contribution in [-0.4, -0.2) is 25.5 Å². The monoisotopic (exact) mass is 261 g/mol. The highest BCUT2D eigenvalue weighted by molar-refractivity contribution is 5.76. The predicted molar refractivity (Wildman–Crippen MR) is 77.0 cm³/mol. The number of nitrogens with one attached hydrogen (secondary N) is 1. The van der Waals surface area contributed by atoms with Crippen LogP contribution in [0.5, 0.6) is 0 Å². The molecule has 3 N–H and O–H groups in total. The highest BCUT2D eigenvalue weighted by Crippen LogP contribution is 2.17. The van der Waals surface area contributed by atoms with Crippen molar-refractivity contribution in [2.24, 2.45) is 11.7 Å². The molecule has 1 aromatic rings. The normalized spacial score (nSPS) is 24.9. The SMILES string of the molecule is C[C@H](CC[NH+]1CCC[C@H](C(N)=O)C1)c1ccccc1. The van der Waals surface area contributed by atoms with Gasteiger partial charge >= 0.3 is 0 Å². The summed E-state index contributed by atoms with van der Waals surface area (Å²) in [6.07, 6.45) is 3.28. The molecule has 1 heterocycles. The molecule has 3 atom stereocenters. The van der Waals surface area contributed by atoms with E-state index in [4.69, 9.17) is 5.73 Å². The first kappa shape index (κ1) is 14.1. The quantitative estimate of drug-likeness (QED) is 0.815. The van der Waals surface area contributed by atoms with E-state index in [9.17, 15) is 4.79 Å². The Morgan fingerprint density at radius 3 is 2.84 bits per heavy atom. The summed E-state index contributed by atoms with van der Waals surface area (Å²) in [6.45, 7) is 5.53. The number of hydrogen-bond acceptors (Lipinski definition) is 1. The molecular weight excluding hydrogens is 236 g/mol. The first-order chi connectivity index (χ1) is 9.16. The van der Waals surface area contributed by atoms with Gasteiger partial charge in [0.05, 0.1) is 25.6 Å². The lowest BCUT2D eigenvalue weighted by Gasteiger charge is -2.29. The molecule has 0 bridgehead atoms. The van der Waals surface area contributed by atoms with E-state index in [1.54, 1.807) is 0 Å². The van der Waals surface area contributed by atoms with E-state index in [0.717, 1.165) is 25.9 Å². The minimum absolute atomic E-state index is 0.0933. The third kappa shape index (κ3) is 4.06. The number of primary amides is 1. The molecule has 0 aliphatic carbocycles. The number of benzene rings is 1. The molecule has 1 aromatic carbocycles. The molecule has 3 heteroatoms. The van der Waals surface area contributed by atoms with E-state index >= 15 is 0 Å². The zero-order chi connectivity index (χ0) is 13.7. The summed E-state index contributed by atoms with van der Waals surface area (Å²) in [5, 5.41) is 0. The molecule has 1 fully saturated rings. The van der Waals surface area contributed by atoms with Gasteiger partial charge in [0.2, 0.25) is 5.91 Å². The number of likely N-dealkylation sites (tertiary alicyclic amines) is 1. The van der Waals surface area contributed by atoms with E-state index < -0.39 is 0 Å². The summed E-state index contributed by atoms with van der Waals surface area (Å²) >= 11 is 0. The van der Waals surface area contributed by atoms with Gasteiger partial charge in [-0.05, 0) is 24.3 Å². The van der Waals surface area contributed by atoms with Gasteiger partial charge < -0.3 is 10.6 Å². The second-order valence-electron chi connectivity index (χ2n) is 5.80. The van der Waals surface area contributed by atoms with Crippen molar-refractivity contribution in [2.75, 3.05) is 19.6 Å². The van der Waals surface area contributed by atoms with Crippen molar-refractivity contribution in [3.8, 4) is 0 Å². The number of hydrogen-bond donors (Lipinski definition) is 2. The lowest BCUT2D eigenvalue weighted by molar-refractivity contribution is -0.907. The summed E-state index contributed by atoms with van der Waals surface area (Å²) in [6, 6.07) is 10.7. The molecule has 1 saturated heterocycles. The Hall–Kier alpha value is -1.35. The zero-order valence-electron chi connectivity index (χ0n) is 11.8. The van der Waals surface area contributed by atoms with Crippen LogP contribution in [0.1, 0.15) is 37.7 Å². The van der Waals surface area contributed by atoms with E-state index in [0.29, 0.717) is 5.92 Å². The zero-order valence-corrected chi connectivity index (χ0v) is 11.8. The van der Waals surface area contributed by atoms with Crippen LogP contribution in [0, 0.1) is 5.92 Å². The number of carbonyl (C=O) groups excluding carboxylic acids is 1. The van der Waals surface area contributed by atoms with Crippen LogP contribution >= 0.6 is 0 Å². The van der Waals surface area contributed by atoms with Crippen molar-refractivity contribution in [2.45, 2.75) is 32.1 Å². The Kier molecular flexibility index (Phi) is 4.97. The predicted octanol–water partition coefficient (Wildman–Crippen LogP) is 0.960. The van der Waals surface area contributed by atoms with Crippen molar-refractivity contribution in [3.63, 3.8) is 0 Å². The summed E-state index contributed by atoms with van der Waals surface area (Å²) in [5.41, 5.74) is 6.83. The first-order valence-electron chi connectivity index (χ1n) is 7.34. The van der Waals surface area contributed by atoms with Crippen LogP contribution in [0.4, 0.5) is 0 Å². The Bertz CT molecular complexity index is 404. The largest absolute Gasteiger partial charge is 0.369 e. The summed E-state index contributed by atoms with van der Waals surface area (Å²) in [7, 11) is 0. The molecule has 0 radical (unpaired) electrons. The average molecular weight is 261 g/mol. The van der Waals surface area contributed by atoms with Gasteiger partial charge in [0, 0.05) is 6.42 Å². The van der Waals surface area contributed by atoms with Crippen molar-refractivity contribution < 1.29 is 9.69 Å². The van der Waals surface area contributed by atoms with E-state index in [-0.39, 0.29) is 11.8 Å². The van der Waals surface area contributed by atoms with Crippen molar-refractivity contribution in [3.05, 3.63) is 35.9 Å². The highest BCUT2D eigenvalue weighted by atomic mass is 16.1. The molecule has 3 nitrogen and oxygen atoms in total. The van der Waals surface area contributed by atoms with Gasteiger partial charge in [-0.15, -0.1) is 0 Å². The molecule has 104 valence electrons. The Labute approximate surface area is 115 Å². The molecule has 0 aromatic heterocycles. The molecule has 1 amide bonds. The van der Waals surface area contributed by atoms with Crippen LogP contribution in [0.2, 0.25) is 0 Å². The van der Waals surface area contributed by atoms with Crippen LogP contribution < -0.4 is 10.6 Å².